The number of ether oxygens (including phenoxy) is 3. The van der Waals surface area contributed by atoms with Crippen molar-refractivity contribution in [3.63, 3.8) is 0 Å². The molecule has 0 spiro atoms. The third-order valence-corrected chi connectivity index (χ3v) is 5.12. The maximum absolute atomic E-state index is 5.45. The molecule has 0 saturated carbocycles. The molecule has 4 rings (SSSR count). The molecular weight excluding hydrogens is 374 g/mol. The Hall–Kier alpha value is -2.88. The van der Waals surface area contributed by atoms with E-state index in [1.54, 1.807) is 20.3 Å². The molecule has 2 aliphatic rings. The lowest BCUT2D eigenvalue weighted by Gasteiger charge is -2.36. The van der Waals surface area contributed by atoms with E-state index in [9.17, 15) is 0 Å². The smallest absolute Gasteiger partial charge is 0.232 e. The minimum atomic E-state index is 0.496. The van der Waals surface area contributed by atoms with Crippen LogP contribution in [0.5, 0.6) is 11.8 Å². The second kappa shape index (κ2) is 8.64. The Morgan fingerprint density at radius 2 is 1.24 bits per heavy atom. The summed E-state index contributed by atoms with van der Waals surface area (Å²) in [5.74, 6) is 4.33. The topological polar surface area (TPSA) is 89.0 Å². The summed E-state index contributed by atoms with van der Waals surface area (Å²) in [6, 6.07) is 3.76. The van der Waals surface area contributed by atoms with Gasteiger partial charge in [0.25, 0.3) is 0 Å². The van der Waals surface area contributed by atoms with Crippen LogP contribution in [0.2, 0.25) is 0 Å². The minimum Gasteiger partial charge on any atom is -0.481 e. The average molecular weight is 401 g/mol. The number of nitrogens with zero attached hydrogens (tertiary/aromatic N) is 7. The first-order valence-corrected chi connectivity index (χ1v) is 9.81. The van der Waals surface area contributed by atoms with Crippen molar-refractivity contribution < 1.29 is 14.2 Å². The molecule has 0 unspecified atom stereocenters. The lowest BCUT2D eigenvalue weighted by Crippen LogP contribution is -2.47. The normalized spacial score (nSPS) is 17.4. The summed E-state index contributed by atoms with van der Waals surface area (Å²) < 4.78 is 16.0. The highest BCUT2D eigenvalue weighted by Gasteiger charge is 2.23. The molecule has 0 aromatic carbocycles. The summed E-state index contributed by atoms with van der Waals surface area (Å²) in [6.07, 6.45) is 0. The molecule has 2 fully saturated rings. The number of methoxy groups -OCH3 is 2. The van der Waals surface area contributed by atoms with Crippen LogP contribution in [-0.2, 0) is 4.74 Å². The fourth-order valence-electron chi connectivity index (χ4n) is 3.53. The van der Waals surface area contributed by atoms with E-state index in [-0.39, 0.29) is 0 Å². The average Bonchev–Trinajstić information content (AvgIpc) is 2.79. The molecule has 0 amide bonds. The van der Waals surface area contributed by atoms with Crippen LogP contribution >= 0.6 is 0 Å². The molecule has 0 aliphatic carbocycles. The highest BCUT2D eigenvalue weighted by Crippen LogP contribution is 2.24. The molecular formula is C19H27N7O3. The summed E-state index contributed by atoms with van der Waals surface area (Å²) >= 11 is 0. The highest BCUT2D eigenvalue weighted by atomic mass is 16.5. The van der Waals surface area contributed by atoms with Crippen molar-refractivity contribution in [3.8, 4) is 11.8 Å². The Bertz CT molecular complexity index is 814. The SMILES string of the molecule is COc1cc(OC)nc(N2CCN(c3cc(N4CCOCC4)nc(C)n3)CC2)n1. The van der Waals surface area contributed by atoms with Gasteiger partial charge in [0, 0.05) is 45.3 Å². The van der Waals surface area contributed by atoms with Gasteiger partial charge in [-0.05, 0) is 6.92 Å². The molecule has 29 heavy (non-hydrogen) atoms. The number of hydrogen-bond acceptors (Lipinski definition) is 10. The largest absolute Gasteiger partial charge is 0.481 e. The zero-order valence-corrected chi connectivity index (χ0v) is 17.2. The van der Waals surface area contributed by atoms with Gasteiger partial charge < -0.3 is 28.9 Å². The monoisotopic (exact) mass is 401 g/mol. The Labute approximate surface area is 170 Å². The molecule has 2 aromatic rings. The Balaban J connectivity index is 1.46. The van der Waals surface area contributed by atoms with Crippen molar-refractivity contribution in [2.45, 2.75) is 6.92 Å². The highest BCUT2D eigenvalue weighted by molar-refractivity contribution is 5.52. The molecule has 0 atom stereocenters. The summed E-state index contributed by atoms with van der Waals surface area (Å²) in [5, 5.41) is 0. The van der Waals surface area contributed by atoms with E-state index in [4.69, 9.17) is 14.2 Å². The number of piperazine rings is 1. The first-order chi connectivity index (χ1) is 14.2. The second-order valence-corrected chi connectivity index (χ2v) is 6.96. The molecule has 2 saturated heterocycles. The van der Waals surface area contributed by atoms with E-state index in [0.717, 1.165) is 69.9 Å². The third kappa shape index (κ3) is 4.42. The predicted octanol–water partition coefficient (Wildman–Crippen LogP) is 0.755. The molecule has 2 aliphatic heterocycles. The first-order valence-electron chi connectivity index (χ1n) is 9.81. The zero-order chi connectivity index (χ0) is 20.2. The molecule has 10 nitrogen and oxygen atoms in total. The predicted molar refractivity (Wildman–Crippen MR) is 109 cm³/mol. The molecule has 0 bridgehead atoms. The van der Waals surface area contributed by atoms with E-state index >= 15 is 0 Å². The Morgan fingerprint density at radius 1 is 0.724 bits per heavy atom. The van der Waals surface area contributed by atoms with E-state index in [1.165, 1.54) is 0 Å². The van der Waals surface area contributed by atoms with E-state index in [0.29, 0.717) is 17.7 Å². The summed E-state index contributed by atoms with van der Waals surface area (Å²) in [7, 11) is 3.18. The van der Waals surface area contributed by atoms with Gasteiger partial charge >= 0.3 is 0 Å². The molecule has 0 radical (unpaired) electrons. The molecule has 2 aromatic heterocycles. The fourth-order valence-corrected chi connectivity index (χ4v) is 3.53. The maximum atomic E-state index is 5.45. The van der Waals surface area contributed by atoms with E-state index in [2.05, 4.69) is 40.7 Å². The molecule has 156 valence electrons. The number of morpholine rings is 1. The standard InChI is InChI=1S/C19H27N7O3/c1-14-20-15(12-16(21-14)25-8-10-29-11-9-25)24-4-6-26(7-5-24)19-22-17(27-2)13-18(23-19)28-3/h12-13H,4-11H2,1-3H3. The van der Waals surface area contributed by atoms with Gasteiger partial charge in [-0.15, -0.1) is 0 Å². The van der Waals surface area contributed by atoms with Crippen LogP contribution in [0.4, 0.5) is 17.6 Å². The third-order valence-electron chi connectivity index (χ3n) is 5.12. The van der Waals surface area contributed by atoms with E-state index < -0.39 is 0 Å². The zero-order valence-electron chi connectivity index (χ0n) is 17.2. The van der Waals surface area contributed by atoms with Crippen LogP contribution < -0.4 is 24.2 Å². The van der Waals surface area contributed by atoms with Gasteiger partial charge in [-0.25, -0.2) is 9.97 Å². The minimum absolute atomic E-state index is 0.496. The number of rotatable bonds is 5. The van der Waals surface area contributed by atoms with Gasteiger partial charge in [0.15, 0.2) is 0 Å². The van der Waals surface area contributed by atoms with Gasteiger partial charge in [-0.2, -0.15) is 9.97 Å². The Morgan fingerprint density at radius 3 is 1.79 bits per heavy atom. The lowest BCUT2D eigenvalue weighted by atomic mass is 10.3. The van der Waals surface area contributed by atoms with Crippen LogP contribution in [0.1, 0.15) is 5.82 Å². The van der Waals surface area contributed by atoms with Crippen LogP contribution in [0, 0.1) is 6.92 Å². The quantitative estimate of drug-likeness (QED) is 0.715. The van der Waals surface area contributed by atoms with Crippen LogP contribution in [0.3, 0.4) is 0 Å². The van der Waals surface area contributed by atoms with Gasteiger partial charge in [0.05, 0.1) is 33.5 Å². The van der Waals surface area contributed by atoms with Crippen molar-refractivity contribution in [1.29, 1.82) is 0 Å². The van der Waals surface area contributed by atoms with Crippen LogP contribution in [-0.4, -0.2) is 86.6 Å². The number of aryl methyl sites for hydroxylation is 1. The summed E-state index contributed by atoms with van der Waals surface area (Å²) in [4.78, 5) is 24.9. The fraction of sp³-hybridized carbons (Fsp3) is 0.579. The molecule has 4 heterocycles. The maximum Gasteiger partial charge on any atom is 0.232 e. The van der Waals surface area contributed by atoms with Gasteiger partial charge in [-0.1, -0.05) is 0 Å². The lowest BCUT2D eigenvalue weighted by molar-refractivity contribution is 0.122. The van der Waals surface area contributed by atoms with Gasteiger partial charge in [0.1, 0.15) is 17.5 Å². The summed E-state index contributed by atoms with van der Waals surface area (Å²) in [6.45, 7) is 8.35. The van der Waals surface area contributed by atoms with Crippen LogP contribution in [0.25, 0.3) is 0 Å². The summed E-state index contributed by atoms with van der Waals surface area (Å²) in [5.41, 5.74) is 0. The Kier molecular flexibility index (Phi) is 5.79. The second-order valence-electron chi connectivity index (χ2n) is 6.96. The molecule has 10 heteroatoms. The van der Waals surface area contributed by atoms with Gasteiger partial charge in [0.2, 0.25) is 17.7 Å². The first kappa shape index (κ1) is 19.4. The van der Waals surface area contributed by atoms with Crippen molar-refractivity contribution in [1.82, 2.24) is 19.9 Å². The number of aromatic nitrogens is 4. The van der Waals surface area contributed by atoms with Crippen molar-refractivity contribution in [2.24, 2.45) is 0 Å². The van der Waals surface area contributed by atoms with Crippen molar-refractivity contribution in [2.75, 3.05) is 81.4 Å². The van der Waals surface area contributed by atoms with Crippen LogP contribution in [0.15, 0.2) is 12.1 Å². The van der Waals surface area contributed by atoms with E-state index in [1.807, 2.05) is 6.92 Å². The number of anilines is 3. The van der Waals surface area contributed by atoms with Crippen molar-refractivity contribution in [3.05, 3.63) is 18.0 Å². The molecule has 0 N–H and O–H groups in total. The van der Waals surface area contributed by atoms with Gasteiger partial charge in [-0.3, -0.25) is 0 Å². The van der Waals surface area contributed by atoms with Crippen molar-refractivity contribution >= 4 is 17.6 Å². The number of hydrogen-bond donors (Lipinski definition) is 0.